The quantitative estimate of drug-likeness (QED) is 0.703. The zero-order chi connectivity index (χ0) is 12.4. The van der Waals surface area contributed by atoms with E-state index in [1.165, 1.54) is 0 Å². The summed E-state index contributed by atoms with van der Waals surface area (Å²) >= 11 is 0. The number of hydrogen-bond acceptors (Lipinski definition) is 2. The van der Waals surface area contributed by atoms with Crippen LogP contribution in [0, 0.1) is 0 Å². The first kappa shape index (κ1) is 11.8. The zero-order valence-corrected chi connectivity index (χ0v) is 10.3. The number of rotatable bonds is 3. The molecule has 2 amide bonds. The molecule has 4 N–H and O–H groups in total. The summed E-state index contributed by atoms with van der Waals surface area (Å²) in [5, 5.41) is 5.66. The first-order chi connectivity index (χ1) is 8.06. The summed E-state index contributed by atoms with van der Waals surface area (Å²) in [4.78, 5) is 11.5. The zero-order valence-electron chi connectivity index (χ0n) is 10.3. The normalized spacial score (nSPS) is 14.8. The minimum atomic E-state index is -0.149. The summed E-state index contributed by atoms with van der Waals surface area (Å²) in [6.07, 6.45) is 2.17. The highest BCUT2D eigenvalue weighted by molar-refractivity contribution is 5.90. The Morgan fingerprint density at radius 1 is 1.41 bits per heavy atom. The molecule has 1 aliphatic carbocycles. The third-order valence-corrected chi connectivity index (χ3v) is 2.88. The lowest BCUT2D eigenvalue weighted by atomic mass is 10.0. The lowest BCUT2D eigenvalue weighted by Gasteiger charge is -2.12. The predicted octanol–water partition coefficient (Wildman–Crippen LogP) is 2.68. The Bertz CT molecular complexity index is 425. The summed E-state index contributed by atoms with van der Waals surface area (Å²) in [6, 6.07) is 5.87. The molecule has 1 aromatic rings. The fraction of sp³-hybridized carbons (Fsp3) is 0.462. The van der Waals surface area contributed by atoms with Crippen LogP contribution in [0.2, 0.25) is 0 Å². The van der Waals surface area contributed by atoms with Gasteiger partial charge in [-0.25, -0.2) is 4.79 Å². The van der Waals surface area contributed by atoms with Gasteiger partial charge in [-0.2, -0.15) is 0 Å². The molecule has 0 unspecified atom stereocenters. The number of nitrogens with two attached hydrogens (primary N) is 1. The van der Waals surface area contributed by atoms with Crippen LogP contribution in [0.3, 0.4) is 0 Å². The van der Waals surface area contributed by atoms with Gasteiger partial charge in [0, 0.05) is 17.4 Å². The molecule has 1 aromatic carbocycles. The van der Waals surface area contributed by atoms with Crippen molar-refractivity contribution < 1.29 is 4.79 Å². The fourth-order valence-corrected chi connectivity index (χ4v) is 1.76. The smallest absolute Gasteiger partial charge is 0.319 e. The molecule has 0 spiro atoms. The largest absolute Gasteiger partial charge is 0.398 e. The van der Waals surface area contributed by atoms with Crippen LogP contribution in [0.1, 0.15) is 38.2 Å². The number of benzene rings is 1. The Morgan fingerprint density at radius 2 is 2.12 bits per heavy atom. The van der Waals surface area contributed by atoms with Crippen molar-refractivity contribution in [1.29, 1.82) is 0 Å². The number of carbonyl (C=O) groups excluding carboxylic acids is 1. The lowest BCUT2D eigenvalue weighted by molar-refractivity contribution is 0.251. The molecule has 4 heteroatoms. The number of carbonyl (C=O) groups is 1. The maximum absolute atomic E-state index is 11.5. The fourth-order valence-electron chi connectivity index (χ4n) is 1.76. The van der Waals surface area contributed by atoms with Gasteiger partial charge >= 0.3 is 6.03 Å². The minimum absolute atomic E-state index is 0.149. The first-order valence-electron chi connectivity index (χ1n) is 6.03. The SMILES string of the molecule is CC(C)c1ccc(NC(=O)NC2CC2)cc1N. The van der Waals surface area contributed by atoms with Gasteiger partial charge in [0.15, 0.2) is 0 Å². The Hall–Kier alpha value is -1.71. The van der Waals surface area contributed by atoms with Crippen molar-refractivity contribution in [2.24, 2.45) is 0 Å². The van der Waals surface area contributed by atoms with E-state index in [2.05, 4.69) is 24.5 Å². The van der Waals surface area contributed by atoms with Gasteiger partial charge in [-0.15, -0.1) is 0 Å². The molecule has 92 valence electrons. The van der Waals surface area contributed by atoms with E-state index in [0.717, 1.165) is 29.8 Å². The molecule has 0 saturated heterocycles. The standard InChI is InChI=1S/C13H19N3O/c1-8(2)11-6-5-10(7-12(11)14)16-13(17)15-9-3-4-9/h5-9H,3-4,14H2,1-2H3,(H2,15,16,17). The monoisotopic (exact) mass is 233 g/mol. The molecule has 0 radical (unpaired) electrons. The summed E-state index contributed by atoms with van der Waals surface area (Å²) in [5.41, 5.74) is 8.52. The van der Waals surface area contributed by atoms with Gasteiger partial charge in [0.2, 0.25) is 0 Å². The van der Waals surface area contributed by atoms with Gasteiger partial charge in [-0.1, -0.05) is 19.9 Å². The molecule has 1 aliphatic rings. The van der Waals surface area contributed by atoms with Crippen LogP contribution in [-0.2, 0) is 0 Å². The number of nitrogen functional groups attached to an aromatic ring is 1. The van der Waals surface area contributed by atoms with Crippen molar-refractivity contribution >= 4 is 17.4 Å². The predicted molar refractivity (Wildman–Crippen MR) is 70.1 cm³/mol. The van der Waals surface area contributed by atoms with E-state index in [4.69, 9.17) is 5.73 Å². The van der Waals surface area contributed by atoms with Crippen LogP contribution in [0.4, 0.5) is 16.2 Å². The summed E-state index contributed by atoms with van der Waals surface area (Å²) in [7, 11) is 0. The van der Waals surface area contributed by atoms with Crippen LogP contribution in [0.5, 0.6) is 0 Å². The second-order valence-corrected chi connectivity index (χ2v) is 4.87. The third-order valence-electron chi connectivity index (χ3n) is 2.88. The molecule has 0 aromatic heterocycles. The maximum atomic E-state index is 11.5. The Kier molecular flexibility index (Phi) is 3.22. The van der Waals surface area contributed by atoms with E-state index >= 15 is 0 Å². The second-order valence-electron chi connectivity index (χ2n) is 4.87. The van der Waals surface area contributed by atoms with Crippen molar-refractivity contribution in [3.8, 4) is 0 Å². The van der Waals surface area contributed by atoms with E-state index in [1.807, 2.05) is 18.2 Å². The Balaban J connectivity index is 2.01. The van der Waals surface area contributed by atoms with Gasteiger partial charge in [0.05, 0.1) is 0 Å². The Labute approximate surface area is 102 Å². The van der Waals surface area contributed by atoms with E-state index in [1.54, 1.807) is 0 Å². The highest BCUT2D eigenvalue weighted by Gasteiger charge is 2.23. The van der Waals surface area contributed by atoms with E-state index in [-0.39, 0.29) is 6.03 Å². The topological polar surface area (TPSA) is 67.2 Å². The summed E-state index contributed by atoms with van der Waals surface area (Å²) in [6.45, 7) is 4.19. The van der Waals surface area contributed by atoms with Crippen molar-refractivity contribution in [3.05, 3.63) is 23.8 Å². The molecule has 2 rings (SSSR count). The van der Waals surface area contributed by atoms with Crippen LogP contribution in [0.15, 0.2) is 18.2 Å². The molecular weight excluding hydrogens is 214 g/mol. The van der Waals surface area contributed by atoms with Crippen LogP contribution in [0.25, 0.3) is 0 Å². The molecule has 17 heavy (non-hydrogen) atoms. The average Bonchev–Trinajstić information content (AvgIpc) is 3.00. The molecule has 0 atom stereocenters. The number of anilines is 2. The highest BCUT2D eigenvalue weighted by Crippen LogP contribution is 2.25. The maximum Gasteiger partial charge on any atom is 0.319 e. The van der Waals surface area contributed by atoms with Crippen LogP contribution in [-0.4, -0.2) is 12.1 Å². The van der Waals surface area contributed by atoms with E-state index < -0.39 is 0 Å². The lowest BCUT2D eigenvalue weighted by Crippen LogP contribution is -2.30. The van der Waals surface area contributed by atoms with Crippen molar-refractivity contribution in [3.63, 3.8) is 0 Å². The second kappa shape index (κ2) is 4.65. The summed E-state index contributed by atoms with van der Waals surface area (Å²) in [5.74, 6) is 0.393. The molecule has 0 heterocycles. The number of hydrogen-bond donors (Lipinski definition) is 3. The third kappa shape index (κ3) is 3.12. The van der Waals surface area contributed by atoms with Crippen LogP contribution >= 0.6 is 0 Å². The van der Waals surface area contributed by atoms with Gasteiger partial charge in [-0.05, 0) is 36.5 Å². The van der Waals surface area contributed by atoms with Gasteiger partial charge in [-0.3, -0.25) is 0 Å². The number of urea groups is 1. The van der Waals surface area contributed by atoms with E-state index in [9.17, 15) is 4.79 Å². The molecular formula is C13H19N3O. The molecule has 0 aliphatic heterocycles. The average molecular weight is 233 g/mol. The first-order valence-corrected chi connectivity index (χ1v) is 6.03. The van der Waals surface area contributed by atoms with Crippen molar-refractivity contribution in [2.75, 3.05) is 11.1 Å². The minimum Gasteiger partial charge on any atom is -0.398 e. The van der Waals surface area contributed by atoms with E-state index in [0.29, 0.717) is 12.0 Å². The number of amides is 2. The Morgan fingerprint density at radius 3 is 2.65 bits per heavy atom. The number of nitrogens with one attached hydrogen (secondary N) is 2. The van der Waals surface area contributed by atoms with Gasteiger partial charge in [0.25, 0.3) is 0 Å². The molecule has 1 fully saturated rings. The van der Waals surface area contributed by atoms with Crippen LogP contribution < -0.4 is 16.4 Å². The van der Waals surface area contributed by atoms with Crippen molar-refractivity contribution in [1.82, 2.24) is 5.32 Å². The van der Waals surface area contributed by atoms with Gasteiger partial charge in [0.1, 0.15) is 0 Å². The summed E-state index contributed by atoms with van der Waals surface area (Å²) < 4.78 is 0. The molecule has 1 saturated carbocycles. The molecule has 0 bridgehead atoms. The van der Waals surface area contributed by atoms with Gasteiger partial charge < -0.3 is 16.4 Å². The van der Waals surface area contributed by atoms with Crippen molar-refractivity contribution in [2.45, 2.75) is 38.6 Å². The highest BCUT2D eigenvalue weighted by atomic mass is 16.2. The molecule has 4 nitrogen and oxygen atoms in total.